The molecule has 0 aliphatic carbocycles. The van der Waals surface area contributed by atoms with Gasteiger partial charge in [0, 0.05) is 12.6 Å². The molecule has 4 rings (SSSR count). The molecule has 4 unspecified atom stereocenters. The summed E-state index contributed by atoms with van der Waals surface area (Å²) in [5.41, 5.74) is -1.57. The van der Waals surface area contributed by atoms with E-state index >= 15 is 0 Å². The van der Waals surface area contributed by atoms with E-state index in [-0.39, 0.29) is 27.8 Å². The second-order valence-corrected chi connectivity index (χ2v) is 8.45. The topological polar surface area (TPSA) is 112 Å². The third kappa shape index (κ3) is 2.04. The molecule has 2 saturated heterocycles. The first-order chi connectivity index (χ1) is 13.6. The number of likely N-dealkylation sites (N-methyl/N-ethyl adjacent to an activating group) is 1. The van der Waals surface area contributed by atoms with Crippen molar-refractivity contribution in [1.82, 2.24) is 9.80 Å². The van der Waals surface area contributed by atoms with E-state index in [9.17, 15) is 19.8 Å². The SMILES string of the molecule is C=C1C(=O)N2C3Nc4c(cc(Cl)c(OC)c4OC)C3(O)C(O)C2(SC)C(=O)N1C. The van der Waals surface area contributed by atoms with Gasteiger partial charge in [0.25, 0.3) is 11.8 Å². The number of methoxy groups -OCH3 is 2. The first kappa shape index (κ1) is 20.1. The predicted molar refractivity (Wildman–Crippen MR) is 107 cm³/mol. The number of piperazine rings is 1. The second kappa shape index (κ2) is 6.18. The fourth-order valence-electron chi connectivity index (χ4n) is 4.46. The fourth-order valence-corrected chi connectivity index (χ4v) is 5.83. The van der Waals surface area contributed by atoms with E-state index in [0.717, 1.165) is 21.6 Å². The number of nitrogens with zero attached hydrogens (tertiary/aromatic N) is 2. The molecule has 3 aliphatic rings. The first-order valence-electron chi connectivity index (χ1n) is 8.60. The number of thioether (sulfide) groups is 1. The van der Waals surface area contributed by atoms with E-state index in [0.29, 0.717) is 5.69 Å². The molecule has 2 amide bonds. The number of fused-ring (bicyclic) bond motifs is 5. The Hall–Kier alpha value is -2.14. The van der Waals surface area contributed by atoms with Crippen LogP contribution in [-0.4, -0.2) is 76.5 Å². The molecule has 0 radical (unpaired) electrons. The minimum Gasteiger partial charge on any atom is -0.491 e. The fraction of sp³-hybridized carbons (Fsp3) is 0.444. The van der Waals surface area contributed by atoms with Gasteiger partial charge < -0.3 is 29.9 Å². The van der Waals surface area contributed by atoms with Crippen LogP contribution in [0.2, 0.25) is 5.02 Å². The number of aliphatic hydroxyl groups is 2. The molecule has 156 valence electrons. The van der Waals surface area contributed by atoms with Gasteiger partial charge in [0.1, 0.15) is 18.0 Å². The standard InChI is InChI=1S/C18H20ClN3O6S/c1-7-13(23)22-15-17(26,14(24)18(22,29-5)16(25)21(7)2)8-6-9(19)11(27-3)12(28-4)10(8)20-15/h6,14-15,20,24,26H,1H2,2-5H3. The number of aliphatic hydroxyl groups excluding tert-OH is 1. The molecule has 0 aromatic heterocycles. The van der Waals surface area contributed by atoms with Crippen LogP contribution in [0.5, 0.6) is 11.5 Å². The van der Waals surface area contributed by atoms with E-state index in [1.165, 1.54) is 27.3 Å². The number of benzene rings is 1. The number of ether oxygens (including phenoxy) is 2. The molecular weight excluding hydrogens is 422 g/mol. The lowest BCUT2D eigenvalue weighted by Gasteiger charge is -2.46. The van der Waals surface area contributed by atoms with Crippen LogP contribution in [0.3, 0.4) is 0 Å². The Labute approximate surface area is 176 Å². The number of hydrogen-bond acceptors (Lipinski definition) is 8. The molecule has 29 heavy (non-hydrogen) atoms. The highest BCUT2D eigenvalue weighted by atomic mass is 35.5. The van der Waals surface area contributed by atoms with Gasteiger partial charge in [0.15, 0.2) is 22.0 Å². The first-order valence-corrected chi connectivity index (χ1v) is 10.2. The average molecular weight is 442 g/mol. The average Bonchev–Trinajstić information content (AvgIpc) is 3.10. The molecule has 0 saturated carbocycles. The van der Waals surface area contributed by atoms with Gasteiger partial charge in [-0.05, 0) is 12.3 Å². The van der Waals surface area contributed by atoms with E-state index in [2.05, 4.69) is 11.9 Å². The van der Waals surface area contributed by atoms with Crippen molar-refractivity contribution in [2.45, 2.75) is 22.7 Å². The normalized spacial score (nSPS) is 32.7. The van der Waals surface area contributed by atoms with Gasteiger partial charge >= 0.3 is 0 Å². The lowest BCUT2D eigenvalue weighted by molar-refractivity contribution is -0.154. The molecule has 0 bridgehead atoms. The highest BCUT2D eigenvalue weighted by molar-refractivity contribution is 8.00. The Morgan fingerprint density at radius 1 is 1.31 bits per heavy atom. The highest BCUT2D eigenvalue weighted by Crippen LogP contribution is 2.61. The number of anilines is 1. The van der Waals surface area contributed by atoms with E-state index < -0.39 is 34.6 Å². The maximum Gasteiger partial charge on any atom is 0.273 e. The number of halogens is 1. The summed E-state index contributed by atoms with van der Waals surface area (Å²) in [5.74, 6) is -0.690. The summed E-state index contributed by atoms with van der Waals surface area (Å²) in [6, 6.07) is 1.44. The van der Waals surface area contributed by atoms with Crippen molar-refractivity contribution in [3.05, 3.63) is 28.9 Å². The van der Waals surface area contributed by atoms with Crippen LogP contribution in [-0.2, 0) is 15.2 Å². The van der Waals surface area contributed by atoms with Gasteiger partial charge in [-0.2, -0.15) is 0 Å². The van der Waals surface area contributed by atoms with Crippen molar-refractivity contribution in [3.63, 3.8) is 0 Å². The third-order valence-corrected chi connectivity index (χ3v) is 7.42. The molecule has 1 aromatic rings. The zero-order chi connectivity index (χ0) is 21.5. The summed E-state index contributed by atoms with van der Waals surface area (Å²) in [7, 11) is 4.24. The van der Waals surface area contributed by atoms with Crippen LogP contribution in [0, 0.1) is 0 Å². The summed E-state index contributed by atoms with van der Waals surface area (Å²) in [6.07, 6.45) is -1.22. The van der Waals surface area contributed by atoms with Crippen LogP contribution in [0.1, 0.15) is 5.56 Å². The molecule has 3 N–H and O–H groups in total. The molecule has 0 spiro atoms. The maximum atomic E-state index is 13.2. The molecule has 9 nitrogen and oxygen atoms in total. The van der Waals surface area contributed by atoms with Crippen LogP contribution in [0.4, 0.5) is 5.69 Å². The van der Waals surface area contributed by atoms with Crippen molar-refractivity contribution in [2.24, 2.45) is 0 Å². The summed E-state index contributed by atoms with van der Waals surface area (Å²) in [5, 5.41) is 26.2. The number of rotatable bonds is 3. The molecular formula is C18H20ClN3O6S. The summed E-state index contributed by atoms with van der Waals surface area (Å²) in [6.45, 7) is 3.69. The molecule has 3 aliphatic heterocycles. The van der Waals surface area contributed by atoms with E-state index in [1.54, 1.807) is 6.26 Å². The highest BCUT2D eigenvalue weighted by Gasteiger charge is 2.76. The predicted octanol–water partition coefficient (Wildman–Crippen LogP) is 0.544. The number of nitrogens with one attached hydrogen (secondary N) is 1. The van der Waals surface area contributed by atoms with Gasteiger partial charge in [0.2, 0.25) is 0 Å². The molecule has 1 aromatic carbocycles. The lowest BCUT2D eigenvalue weighted by atomic mass is 9.87. The largest absolute Gasteiger partial charge is 0.491 e. The molecule has 11 heteroatoms. The number of hydrogen-bond donors (Lipinski definition) is 3. The minimum absolute atomic E-state index is 0.0588. The van der Waals surface area contributed by atoms with Crippen molar-refractivity contribution in [2.75, 3.05) is 32.8 Å². The monoisotopic (exact) mass is 441 g/mol. The van der Waals surface area contributed by atoms with Crippen molar-refractivity contribution in [1.29, 1.82) is 0 Å². The molecule has 4 atom stereocenters. The van der Waals surface area contributed by atoms with Gasteiger partial charge in [0.05, 0.1) is 24.9 Å². The van der Waals surface area contributed by atoms with Crippen molar-refractivity contribution in [3.8, 4) is 11.5 Å². The smallest absolute Gasteiger partial charge is 0.273 e. The zero-order valence-corrected chi connectivity index (χ0v) is 17.7. The maximum absolute atomic E-state index is 13.2. The van der Waals surface area contributed by atoms with Gasteiger partial charge in [-0.3, -0.25) is 14.5 Å². The van der Waals surface area contributed by atoms with E-state index in [1.807, 2.05) is 0 Å². The number of carbonyl (C=O) groups excluding carboxylic acids is 2. The van der Waals surface area contributed by atoms with Crippen LogP contribution < -0.4 is 14.8 Å². The van der Waals surface area contributed by atoms with Crippen LogP contribution >= 0.6 is 23.4 Å². The zero-order valence-electron chi connectivity index (χ0n) is 16.1. The Morgan fingerprint density at radius 3 is 2.48 bits per heavy atom. The van der Waals surface area contributed by atoms with Crippen molar-refractivity contribution < 1.29 is 29.3 Å². The third-order valence-electron chi connectivity index (χ3n) is 5.92. The number of amides is 2. The molecule has 2 fully saturated rings. The number of carbonyl (C=O) groups is 2. The Morgan fingerprint density at radius 2 is 1.93 bits per heavy atom. The molecule has 3 heterocycles. The Balaban J connectivity index is 2.00. The van der Waals surface area contributed by atoms with E-state index in [4.69, 9.17) is 21.1 Å². The van der Waals surface area contributed by atoms with Crippen LogP contribution in [0.15, 0.2) is 18.3 Å². The minimum atomic E-state index is -2.03. The quantitative estimate of drug-likeness (QED) is 0.583. The van der Waals surface area contributed by atoms with Crippen molar-refractivity contribution >= 4 is 40.9 Å². The van der Waals surface area contributed by atoms with Gasteiger partial charge in [-0.25, -0.2) is 0 Å². The lowest BCUT2D eigenvalue weighted by Crippen LogP contribution is -2.67. The summed E-state index contributed by atoms with van der Waals surface area (Å²) < 4.78 is 10.7. The van der Waals surface area contributed by atoms with Crippen LogP contribution in [0.25, 0.3) is 0 Å². The van der Waals surface area contributed by atoms with Gasteiger partial charge in [-0.1, -0.05) is 18.2 Å². The second-order valence-electron chi connectivity index (χ2n) is 7.01. The Bertz CT molecular complexity index is 973. The summed E-state index contributed by atoms with van der Waals surface area (Å²) >= 11 is 7.29. The summed E-state index contributed by atoms with van der Waals surface area (Å²) in [4.78, 5) is 26.8. The Kier molecular flexibility index (Phi) is 4.29. The van der Waals surface area contributed by atoms with Gasteiger partial charge in [-0.15, -0.1) is 11.8 Å².